The second-order valence-electron chi connectivity index (χ2n) is 5.57. The van der Waals surface area contributed by atoms with Crippen LogP contribution in [0.4, 0.5) is 0 Å². The summed E-state index contributed by atoms with van der Waals surface area (Å²) in [4.78, 5) is 8.86. The molecule has 0 aromatic carbocycles. The van der Waals surface area contributed by atoms with E-state index in [-0.39, 0.29) is 5.41 Å². The third-order valence-corrected chi connectivity index (χ3v) is 3.84. The molecule has 0 spiro atoms. The van der Waals surface area contributed by atoms with Crippen molar-refractivity contribution in [3.05, 3.63) is 18.1 Å². The van der Waals surface area contributed by atoms with Gasteiger partial charge in [-0.05, 0) is 12.8 Å². The Kier molecular flexibility index (Phi) is 6.82. The van der Waals surface area contributed by atoms with E-state index in [9.17, 15) is 0 Å². The molecule has 3 heteroatoms. The van der Waals surface area contributed by atoms with Gasteiger partial charge in [0.05, 0.1) is 25.2 Å². The second-order valence-corrected chi connectivity index (χ2v) is 5.57. The minimum atomic E-state index is 0.155. The van der Waals surface area contributed by atoms with Crippen molar-refractivity contribution in [2.24, 2.45) is 0 Å². The van der Waals surface area contributed by atoms with Gasteiger partial charge in [0.25, 0.3) is 0 Å². The molecule has 0 N–H and O–H groups in total. The van der Waals surface area contributed by atoms with E-state index in [4.69, 9.17) is 4.74 Å². The molecule has 0 bridgehead atoms. The quantitative estimate of drug-likeness (QED) is 0.615. The van der Waals surface area contributed by atoms with Crippen LogP contribution in [0.5, 0.6) is 5.88 Å². The Balaban J connectivity index is 2.72. The van der Waals surface area contributed by atoms with Crippen molar-refractivity contribution < 1.29 is 4.74 Å². The van der Waals surface area contributed by atoms with Crippen LogP contribution in [0.1, 0.15) is 71.4 Å². The van der Waals surface area contributed by atoms with Crippen molar-refractivity contribution >= 4 is 0 Å². The van der Waals surface area contributed by atoms with Crippen molar-refractivity contribution in [1.82, 2.24) is 9.97 Å². The van der Waals surface area contributed by atoms with Gasteiger partial charge in [0.2, 0.25) is 5.88 Å². The second kappa shape index (κ2) is 8.13. The molecule has 1 atom stereocenters. The van der Waals surface area contributed by atoms with Gasteiger partial charge in [-0.15, -0.1) is 0 Å². The van der Waals surface area contributed by atoms with Crippen LogP contribution in [-0.2, 0) is 5.41 Å². The first-order chi connectivity index (χ1) is 9.16. The smallest absolute Gasteiger partial charge is 0.231 e. The first-order valence-electron chi connectivity index (χ1n) is 7.52. The van der Waals surface area contributed by atoms with Gasteiger partial charge in [-0.25, -0.2) is 4.98 Å². The number of nitrogens with zero attached hydrogens (tertiary/aromatic N) is 2. The van der Waals surface area contributed by atoms with Gasteiger partial charge in [-0.3, -0.25) is 4.98 Å². The molecule has 0 fully saturated rings. The summed E-state index contributed by atoms with van der Waals surface area (Å²) < 4.78 is 5.08. The fourth-order valence-electron chi connectivity index (χ4n) is 2.61. The van der Waals surface area contributed by atoms with E-state index in [0.29, 0.717) is 5.88 Å². The molecule has 0 amide bonds. The zero-order valence-electron chi connectivity index (χ0n) is 12.9. The van der Waals surface area contributed by atoms with Gasteiger partial charge in [-0.2, -0.15) is 0 Å². The van der Waals surface area contributed by atoms with E-state index < -0.39 is 0 Å². The maximum Gasteiger partial charge on any atom is 0.231 e. The van der Waals surface area contributed by atoms with Crippen LogP contribution in [0.3, 0.4) is 0 Å². The van der Waals surface area contributed by atoms with Crippen LogP contribution in [0.2, 0.25) is 0 Å². The van der Waals surface area contributed by atoms with Crippen LogP contribution in [-0.4, -0.2) is 17.1 Å². The lowest BCUT2D eigenvalue weighted by Crippen LogP contribution is -2.23. The molecule has 0 radical (unpaired) electrons. The monoisotopic (exact) mass is 264 g/mol. The number of hydrogen-bond donors (Lipinski definition) is 0. The van der Waals surface area contributed by atoms with Crippen LogP contribution in [0.25, 0.3) is 0 Å². The van der Waals surface area contributed by atoms with Crippen molar-refractivity contribution in [1.29, 1.82) is 0 Å². The number of unbranched alkanes of at least 4 members (excludes halogenated alkanes) is 3. The molecule has 0 aliphatic rings. The lowest BCUT2D eigenvalue weighted by molar-refractivity contribution is 0.359. The summed E-state index contributed by atoms with van der Waals surface area (Å²) in [6.45, 7) is 6.81. The predicted octanol–water partition coefficient (Wildman–Crippen LogP) is 4.51. The van der Waals surface area contributed by atoms with Crippen molar-refractivity contribution in [3.63, 3.8) is 0 Å². The van der Waals surface area contributed by atoms with Gasteiger partial charge < -0.3 is 4.74 Å². The van der Waals surface area contributed by atoms with Gasteiger partial charge in [-0.1, -0.05) is 52.9 Å². The van der Waals surface area contributed by atoms with E-state index >= 15 is 0 Å². The van der Waals surface area contributed by atoms with Gasteiger partial charge in [0.15, 0.2) is 0 Å². The standard InChI is InChI=1S/C16H28N2O/c1-5-7-8-9-11-16(3,10-6-2)14-12-18-15(19-4)13-17-14/h12-13H,5-11H2,1-4H3. The molecule has 1 aromatic heterocycles. The summed E-state index contributed by atoms with van der Waals surface area (Å²) in [5, 5.41) is 0. The van der Waals surface area contributed by atoms with E-state index in [2.05, 4.69) is 30.7 Å². The first-order valence-corrected chi connectivity index (χ1v) is 7.52. The highest BCUT2D eigenvalue weighted by Gasteiger charge is 2.27. The molecule has 1 unspecified atom stereocenters. The topological polar surface area (TPSA) is 35.0 Å². The van der Waals surface area contributed by atoms with Gasteiger partial charge >= 0.3 is 0 Å². The Hall–Kier alpha value is -1.12. The molecule has 1 rings (SSSR count). The molecule has 1 aromatic rings. The highest BCUT2D eigenvalue weighted by atomic mass is 16.5. The molecule has 108 valence electrons. The average Bonchev–Trinajstić information content (AvgIpc) is 2.44. The SMILES string of the molecule is CCCCCCC(C)(CCC)c1cnc(OC)cn1. The normalized spacial score (nSPS) is 14.1. The zero-order valence-corrected chi connectivity index (χ0v) is 12.9. The summed E-state index contributed by atoms with van der Waals surface area (Å²) in [5.41, 5.74) is 1.26. The Morgan fingerprint density at radius 3 is 2.32 bits per heavy atom. The van der Waals surface area contributed by atoms with E-state index in [1.54, 1.807) is 13.3 Å². The molecule has 1 heterocycles. The van der Waals surface area contributed by atoms with Crippen molar-refractivity contribution in [2.75, 3.05) is 7.11 Å². The predicted molar refractivity (Wildman–Crippen MR) is 79.6 cm³/mol. The number of aromatic nitrogens is 2. The molecular weight excluding hydrogens is 236 g/mol. The Bertz CT molecular complexity index is 350. The number of rotatable bonds is 9. The maximum absolute atomic E-state index is 5.08. The molecule has 0 saturated heterocycles. The molecule has 0 saturated carbocycles. The molecule has 0 aliphatic heterocycles. The minimum Gasteiger partial charge on any atom is -0.480 e. The highest BCUT2D eigenvalue weighted by Crippen LogP contribution is 2.33. The summed E-state index contributed by atoms with van der Waals surface area (Å²) in [7, 11) is 1.62. The van der Waals surface area contributed by atoms with E-state index in [1.807, 2.05) is 6.20 Å². The van der Waals surface area contributed by atoms with Gasteiger partial charge in [0.1, 0.15) is 0 Å². The lowest BCUT2D eigenvalue weighted by Gasteiger charge is -2.28. The van der Waals surface area contributed by atoms with Crippen molar-refractivity contribution in [3.8, 4) is 5.88 Å². The van der Waals surface area contributed by atoms with Crippen LogP contribution in [0, 0.1) is 0 Å². The highest BCUT2D eigenvalue weighted by molar-refractivity contribution is 5.15. The van der Waals surface area contributed by atoms with Crippen molar-refractivity contribution in [2.45, 2.75) is 71.1 Å². The van der Waals surface area contributed by atoms with Crippen LogP contribution in [0.15, 0.2) is 12.4 Å². The van der Waals surface area contributed by atoms with E-state index in [1.165, 1.54) is 44.9 Å². The minimum absolute atomic E-state index is 0.155. The van der Waals surface area contributed by atoms with E-state index in [0.717, 1.165) is 5.69 Å². The third kappa shape index (κ3) is 4.81. The summed E-state index contributed by atoms with van der Waals surface area (Å²) in [5.74, 6) is 0.591. The Labute approximate surface area is 117 Å². The van der Waals surface area contributed by atoms with Crippen LogP contribution < -0.4 is 4.74 Å². The Morgan fingerprint density at radius 2 is 1.79 bits per heavy atom. The van der Waals surface area contributed by atoms with Gasteiger partial charge in [0, 0.05) is 5.41 Å². The zero-order chi connectivity index (χ0) is 14.1. The summed E-state index contributed by atoms with van der Waals surface area (Å²) in [6.07, 6.45) is 12.4. The summed E-state index contributed by atoms with van der Waals surface area (Å²) in [6, 6.07) is 0. The Morgan fingerprint density at radius 1 is 1.00 bits per heavy atom. The number of methoxy groups -OCH3 is 1. The lowest BCUT2D eigenvalue weighted by atomic mass is 9.78. The molecule has 19 heavy (non-hydrogen) atoms. The number of hydrogen-bond acceptors (Lipinski definition) is 3. The summed E-state index contributed by atoms with van der Waals surface area (Å²) >= 11 is 0. The average molecular weight is 264 g/mol. The molecular formula is C16H28N2O. The maximum atomic E-state index is 5.08. The fourth-order valence-corrected chi connectivity index (χ4v) is 2.61. The first kappa shape index (κ1) is 15.9. The molecule has 0 aliphatic carbocycles. The fraction of sp³-hybridized carbons (Fsp3) is 0.750. The largest absolute Gasteiger partial charge is 0.480 e. The van der Waals surface area contributed by atoms with Crippen LogP contribution >= 0.6 is 0 Å². The number of ether oxygens (including phenoxy) is 1. The third-order valence-electron chi connectivity index (χ3n) is 3.84. The molecule has 3 nitrogen and oxygen atoms in total.